The highest BCUT2D eigenvalue weighted by molar-refractivity contribution is 7.99. The predicted octanol–water partition coefficient (Wildman–Crippen LogP) is 2.59. The van der Waals surface area contributed by atoms with Crippen molar-refractivity contribution in [3.8, 4) is 0 Å². The topological polar surface area (TPSA) is 95.8 Å². The Hall–Kier alpha value is -2.66. The summed E-state index contributed by atoms with van der Waals surface area (Å²) in [5, 5.41) is 3.36. The molecule has 1 amide bonds. The van der Waals surface area contributed by atoms with E-state index in [1.165, 1.54) is 27.8 Å². The molecule has 1 saturated heterocycles. The van der Waals surface area contributed by atoms with Crippen LogP contribution in [0.4, 0.5) is 0 Å². The molecule has 0 bridgehead atoms. The lowest BCUT2D eigenvalue weighted by atomic mass is 10.2. The molecule has 8 nitrogen and oxygen atoms in total. The maximum absolute atomic E-state index is 13.0. The Morgan fingerprint density at radius 3 is 2.48 bits per heavy atom. The van der Waals surface area contributed by atoms with E-state index in [0.29, 0.717) is 43.5 Å². The van der Waals surface area contributed by atoms with Gasteiger partial charge >= 0.3 is 0 Å². The van der Waals surface area contributed by atoms with Crippen molar-refractivity contribution in [2.75, 3.05) is 31.9 Å². The lowest BCUT2D eigenvalue weighted by Crippen LogP contribution is -2.48. The number of pyridine rings is 1. The van der Waals surface area contributed by atoms with Gasteiger partial charge in [-0.1, -0.05) is 42.1 Å². The van der Waals surface area contributed by atoms with E-state index >= 15 is 0 Å². The number of furan rings is 1. The predicted molar refractivity (Wildman–Crippen MR) is 126 cm³/mol. The second-order valence-electron chi connectivity index (χ2n) is 7.64. The lowest BCUT2D eigenvalue weighted by Gasteiger charge is -2.33. The average molecular weight is 487 g/mol. The highest BCUT2D eigenvalue weighted by atomic mass is 32.2. The molecule has 0 spiro atoms. The number of aromatic nitrogens is 1. The molecule has 2 aromatic heterocycles. The van der Waals surface area contributed by atoms with Gasteiger partial charge in [0.15, 0.2) is 0 Å². The summed E-state index contributed by atoms with van der Waals surface area (Å²) in [4.78, 5) is 18.7. The molecule has 10 heteroatoms. The highest BCUT2D eigenvalue weighted by Crippen LogP contribution is 2.21. The van der Waals surface area contributed by atoms with Crippen molar-refractivity contribution in [3.05, 3.63) is 78.4 Å². The summed E-state index contributed by atoms with van der Waals surface area (Å²) in [5.41, 5.74) is 1.22. The SMILES string of the molecule is O=C(CSc1ccc(S(=O)(=O)N2CCN(Cc3ccccc3)CC2)cn1)NCc1ccco1. The Labute approximate surface area is 198 Å². The summed E-state index contributed by atoms with van der Waals surface area (Å²) in [6.45, 7) is 3.40. The largest absolute Gasteiger partial charge is 0.467 e. The normalized spacial score (nSPS) is 15.4. The Morgan fingerprint density at radius 2 is 1.82 bits per heavy atom. The van der Waals surface area contributed by atoms with Crippen LogP contribution >= 0.6 is 11.8 Å². The Morgan fingerprint density at radius 1 is 1.03 bits per heavy atom. The van der Waals surface area contributed by atoms with E-state index in [-0.39, 0.29) is 16.6 Å². The van der Waals surface area contributed by atoms with Crippen molar-refractivity contribution in [1.29, 1.82) is 0 Å². The van der Waals surface area contributed by atoms with Crippen LogP contribution < -0.4 is 5.32 Å². The molecule has 0 saturated carbocycles. The molecule has 33 heavy (non-hydrogen) atoms. The Bertz CT molecular complexity index is 1130. The zero-order valence-corrected chi connectivity index (χ0v) is 19.7. The molecule has 1 N–H and O–H groups in total. The molecular formula is C23H26N4O4S2. The van der Waals surface area contributed by atoms with Gasteiger partial charge in [0.2, 0.25) is 15.9 Å². The number of piperazine rings is 1. The second kappa shape index (κ2) is 11.0. The summed E-state index contributed by atoms with van der Waals surface area (Å²) in [5.74, 6) is 0.716. The number of thioether (sulfide) groups is 1. The number of nitrogens with zero attached hydrogens (tertiary/aromatic N) is 3. The molecule has 1 aliphatic heterocycles. The first kappa shape index (κ1) is 23.5. The van der Waals surface area contributed by atoms with Gasteiger partial charge < -0.3 is 9.73 Å². The van der Waals surface area contributed by atoms with Crippen molar-refractivity contribution in [2.45, 2.75) is 23.0 Å². The fourth-order valence-electron chi connectivity index (χ4n) is 3.51. The minimum absolute atomic E-state index is 0.150. The highest BCUT2D eigenvalue weighted by Gasteiger charge is 2.28. The maximum Gasteiger partial charge on any atom is 0.244 e. The third kappa shape index (κ3) is 6.44. The van der Waals surface area contributed by atoms with E-state index in [0.717, 1.165) is 6.54 Å². The van der Waals surface area contributed by atoms with Crippen molar-refractivity contribution >= 4 is 27.7 Å². The Kier molecular flexibility index (Phi) is 7.81. The van der Waals surface area contributed by atoms with Crippen LogP contribution in [0.5, 0.6) is 0 Å². The van der Waals surface area contributed by atoms with E-state index in [1.807, 2.05) is 18.2 Å². The first-order valence-corrected chi connectivity index (χ1v) is 13.1. The third-order valence-electron chi connectivity index (χ3n) is 5.32. The van der Waals surface area contributed by atoms with Crippen LogP contribution in [0.25, 0.3) is 0 Å². The number of benzene rings is 1. The number of rotatable bonds is 9. The van der Waals surface area contributed by atoms with E-state index in [2.05, 4.69) is 27.3 Å². The van der Waals surface area contributed by atoms with Crippen LogP contribution in [-0.4, -0.2) is 60.4 Å². The number of hydrogen-bond donors (Lipinski definition) is 1. The molecule has 1 aliphatic rings. The van der Waals surface area contributed by atoms with E-state index in [4.69, 9.17) is 4.42 Å². The molecule has 3 aromatic rings. The zero-order valence-electron chi connectivity index (χ0n) is 18.1. The fraction of sp³-hybridized carbons (Fsp3) is 0.304. The van der Waals surface area contributed by atoms with Crippen molar-refractivity contribution in [1.82, 2.24) is 19.5 Å². The first-order valence-electron chi connectivity index (χ1n) is 10.6. The molecule has 3 heterocycles. The van der Waals surface area contributed by atoms with Gasteiger partial charge in [-0.2, -0.15) is 4.31 Å². The fourth-order valence-corrected chi connectivity index (χ4v) is 5.55. The standard InChI is InChI=1S/C23H26N4O4S2/c28-22(24-15-20-7-4-14-31-20)18-32-23-9-8-21(16-25-23)33(29,30)27-12-10-26(11-13-27)17-19-5-2-1-3-6-19/h1-9,14,16H,10-13,15,17-18H2,(H,24,28). The number of carbonyl (C=O) groups excluding carboxylic acids is 1. The minimum atomic E-state index is -3.59. The van der Waals surface area contributed by atoms with Gasteiger partial charge in [-0.05, 0) is 29.8 Å². The van der Waals surface area contributed by atoms with Gasteiger partial charge in [0.1, 0.15) is 10.7 Å². The molecule has 0 unspecified atom stereocenters. The monoisotopic (exact) mass is 486 g/mol. The van der Waals surface area contributed by atoms with Crippen molar-refractivity contribution < 1.29 is 17.6 Å². The van der Waals surface area contributed by atoms with Crippen LogP contribution in [0.15, 0.2) is 81.4 Å². The lowest BCUT2D eigenvalue weighted by molar-refractivity contribution is -0.118. The van der Waals surface area contributed by atoms with Gasteiger partial charge in [0.25, 0.3) is 0 Å². The first-order chi connectivity index (χ1) is 16.0. The summed E-state index contributed by atoms with van der Waals surface area (Å²) >= 11 is 1.25. The van der Waals surface area contributed by atoms with Crippen molar-refractivity contribution in [3.63, 3.8) is 0 Å². The zero-order chi connectivity index (χ0) is 23.1. The average Bonchev–Trinajstić information content (AvgIpc) is 3.36. The van der Waals surface area contributed by atoms with E-state index < -0.39 is 10.0 Å². The van der Waals surface area contributed by atoms with Crippen LogP contribution in [0.3, 0.4) is 0 Å². The molecular weight excluding hydrogens is 460 g/mol. The molecule has 0 aliphatic carbocycles. The van der Waals surface area contributed by atoms with Gasteiger partial charge in [0, 0.05) is 38.9 Å². The van der Waals surface area contributed by atoms with E-state index in [9.17, 15) is 13.2 Å². The summed E-state index contributed by atoms with van der Waals surface area (Å²) in [7, 11) is -3.59. The van der Waals surface area contributed by atoms with Crippen LogP contribution in [-0.2, 0) is 27.9 Å². The Balaban J connectivity index is 1.25. The van der Waals surface area contributed by atoms with Gasteiger partial charge in [-0.25, -0.2) is 13.4 Å². The van der Waals surface area contributed by atoms with Gasteiger partial charge in [-0.3, -0.25) is 9.69 Å². The number of amides is 1. The number of sulfonamides is 1. The molecule has 0 atom stereocenters. The molecule has 0 radical (unpaired) electrons. The van der Waals surface area contributed by atoms with Gasteiger partial charge in [-0.15, -0.1) is 0 Å². The third-order valence-corrected chi connectivity index (χ3v) is 8.14. The quantitative estimate of drug-likeness (QED) is 0.465. The van der Waals surface area contributed by atoms with Crippen LogP contribution in [0.1, 0.15) is 11.3 Å². The van der Waals surface area contributed by atoms with Crippen LogP contribution in [0.2, 0.25) is 0 Å². The number of carbonyl (C=O) groups is 1. The summed E-state index contributed by atoms with van der Waals surface area (Å²) < 4.78 is 32.7. The minimum Gasteiger partial charge on any atom is -0.467 e. The van der Waals surface area contributed by atoms with Gasteiger partial charge in [0.05, 0.1) is 23.6 Å². The molecule has 4 rings (SSSR count). The molecule has 1 fully saturated rings. The summed E-state index contributed by atoms with van der Waals surface area (Å²) in [6, 6.07) is 16.9. The van der Waals surface area contributed by atoms with Crippen molar-refractivity contribution in [2.24, 2.45) is 0 Å². The summed E-state index contributed by atoms with van der Waals surface area (Å²) in [6.07, 6.45) is 2.93. The second-order valence-corrected chi connectivity index (χ2v) is 10.6. The molecule has 1 aromatic carbocycles. The number of hydrogen-bond acceptors (Lipinski definition) is 7. The van der Waals surface area contributed by atoms with E-state index in [1.54, 1.807) is 30.5 Å². The number of nitrogens with one attached hydrogen (secondary N) is 1. The molecule has 174 valence electrons. The maximum atomic E-state index is 13.0. The smallest absolute Gasteiger partial charge is 0.244 e. The van der Waals surface area contributed by atoms with Crippen LogP contribution in [0, 0.1) is 0 Å².